The molecular formula is C14H17ClN4O. The van der Waals surface area contributed by atoms with Gasteiger partial charge < -0.3 is 0 Å². The molecule has 0 aliphatic rings. The highest BCUT2D eigenvalue weighted by molar-refractivity contribution is 6.32. The number of para-hydroxylation sites is 1. The lowest BCUT2D eigenvalue weighted by Gasteiger charge is -2.26. The average molecular weight is 293 g/mol. The van der Waals surface area contributed by atoms with Gasteiger partial charge in [-0.2, -0.15) is 5.10 Å². The van der Waals surface area contributed by atoms with Gasteiger partial charge in [-0.15, -0.1) is 11.6 Å². The minimum atomic E-state index is -0.571. The van der Waals surface area contributed by atoms with E-state index in [1.165, 1.54) is 6.33 Å². The summed E-state index contributed by atoms with van der Waals surface area (Å²) < 4.78 is 1.59. The van der Waals surface area contributed by atoms with Crippen molar-refractivity contribution < 1.29 is 4.79 Å². The fourth-order valence-electron chi connectivity index (χ4n) is 1.77. The minimum Gasteiger partial charge on any atom is -0.291 e. The Hall–Kier alpha value is -1.88. The van der Waals surface area contributed by atoms with Crippen LogP contribution in [0, 0.1) is 5.92 Å². The van der Waals surface area contributed by atoms with Gasteiger partial charge in [0.05, 0.1) is 0 Å². The highest BCUT2D eigenvalue weighted by Crippen LogP contribution is 2.20. The highest BCUT2D eigenvalue weighted by atomic mass is 35.5. The first-order chi connectivity index (χ1) is 9.59. The van der Waals surface area contributed by atoms with Crippen LogP contribution in [-0.2, 0) is 11.5 Å². The van der Waals surface area contributed by atoms with Crippen molar-refractivity contribution in [1.82, 2.24) is 14.8 Å². The molecule has 0 aliphatic heterocycles. The zero-order valence-corrected chi connectivity index (χ0v) is 12.2. The number of rotatable bonds is 5. The van der Waals surface area contributed by atoms with E-state index < -0.39 is 5.38 Å². The Bertz CT molecular complexity index is 542. The second kappa shape index (κ2) is 6.52. The van der Waals surface area contributed by atoms with Crippen molar-refractivity contribution in [3.05, 3.63) is 43.0 Å². The van der Waals surface area contributed by atoms with E-state index in [0.717, 1.165) is 5.69 Å². The molecule has 0 saturated carbocycles. The second-order valence-corrected chi connectivity index (χ2v) is 5.29. The third kappa shape index (κ3) is 3.36. The normalized spacial score (nSPS) is 12.4. The van der Waals surface area contributed by atoms with Gasteiger partial charge in [0.2, 0.25) is 5.91 Å². The van der Waals surface area contributed by atoms with E-state index in [1.807, 2.05) is 44.2 Å². The maximum absolute atomic E-state index is 12.5. The number of carbonyl (C=O) groups is 1. The molecule has 1 unspecified atom stereocenters. The number of alkyl halides is 1. The van der Waals surface area contributed by atoms with E-state index in [1.54, 1.807) is 15.9 Å². The number of halogens is 1. The Morgan fingerprint density at radius 2 is 2.05 bits per heavy atom. The summed E-state index contributed by atoms with van der Waals surface area (Å²) in [4.78, 5) is 18.1. The van der Waals surface area contributed by atoms with Crippen LogP contribution in [-0.4, -0.2) is 26.0 Å². The second-order valence-electron chi connectivity index (χ2n) is 4.82. The van der Waals surface area contributed by atoms with Gasteiger partial charge >= 0.3 is 0 Å². The predicted molar refractivity (Wildman–Crippen MR) is 78.4 cm³/mol. The molecule has 5 nitrogen and oxygen atoms in total. The first-order valence-corrected chi connectivity index (χ1v) is 6.86. The Kier molecular flexibility index (Phi) is 4.74. The lowest BCUT2D eigenvalue weighted by atomic mass is 10.1. The van der Waals surface area contributed by atoms with Crippen molar-refractivity contribution in [3.8, 4) is 0 Å². The van der Waals surface area contributed by atoms with Crippen molar-refractivity contribution in [2.75, 3.05) is 4.90 Å². The van der Waals surface area contributed by atoms with E-state index in [4.69, 9.17) is 11.6 Å². The van der Waals surface area contributed by atoms with Gasteiger partial charge in [-0.3, -0.25) is 9.69 Å². The maximum atomic E-state index is 12.5. The summed E-state index contributed by atoms with van der Waals surface area (Å²) in [6, 6.07) is 9.42. The first-order valence-electron chi connectivity index (χ1n) is 6.42. The Labute approximate surface area is 123 Å². The monoisotopic (exact) mass is 292 g/mol. The van der Waals surface area contributed by atoms with Crippen LogP contribution in [0.25, 0.3) is 0 Å². The molecule has 6 heteroatoms. The molecule has 0 bridgehead atoms. The summed E-state index contributed by atoms with van der Waals surface area (Å²) in [5.41, 5.74) is 0.791. The van der Waals surface area contributed by atoms with Gasteiger partial charge in [0, 0.05) is 5.69 Å². The third-order valence-electron chi connectivity index (χ3n) is 2.91. The fourth-order valence-corrected chi connectivity index (χ4v) is 1.89. The molecule has 1 heterocycles. The number of nitrogens with zero attached hydrogens (tertiary/aromatic N) is 4. The number of hydrogen-bond acceptors (Lipinski definition) is 3. The topological polar surface area (TPSA) is 51.0 Å². The molecule has 0 fully saturated rings. The van der Waals surface area contributed by atoms with E-state index >= 15 is 0 Å². The molecule has 2 rings (SSSR count). The van der Waals surface area contributed by atoms with E-state index in [9.17, 15) is 4.79 Å². The number of hydrogen-bond donors (Lipinski definition) is 0. The van der Waals surface area contributed by atoms with Crippen LogP contribution < -0.4 is 4.90 Å². The Balaban J connectivity index is 2.27. The van der Waals surface area contributed by atoms with Crippen molar-refractivity contribution in [2.45, 2.75) is 25.9 Å². The van der Waals surface area contributed by atoms with Gasteiger partial charge in [0.25, 0.3) is 0 Å². The molecule has 1 amide bonds. The quantitative estimate of drug-likeness (QED) is 0.796. The fraction of sp³-hybridized carbons (Fsp3) is 0.357. The minimum absolute atomic E-state index is 0.0612. The molecule has 20 heavy (non-hydrogen) atoms. The molecule has 0 N–H and O–H groups in total. The summed E-state index contributed by atoms with van der Waals surface area (Å²) in [5, 5.41) is 3.47. The summed E-state index contributed by atoms with van der Waals surface area (Å²) in [6.45, 7) is 4.14. The van der Waals surface area contributed by atoms with Crippen LogP contribution in [0.3, 0.4) is 0 Å². The van der Waals surface area contributed by atoms with Gasteiger partial charge in [0.15, 0.2) is 0 Å². The van der Waals surface area contributed by atoms with Crippen molar-refractivity contribution in [2.24, 2.45) is 5.92 Å². The number of amides is 1. The number of anilines is 1. The van der Waals surface area contributed by atoms with Gasteiger partial charge in [-0.25, -0.2) is 9.67 Å². The molecule has 1 aromatic heterocycles. The van der Waals surface area contributed by atoms with Crippen molar-refractivity contribution in [3.63, 3.8) is 0 Å². The molecule has 0 saturated heterocycles. The lowest BCUT2D eigenvalue weighted by molar-refractivity contribution is -0.119. The predicted octanol–water partition coefficient (Wildman–Crippen LogP) is 2.53. The smallest absolute Gasteiger partial charge is 0.246 e. The molecule has 2 aromatic rings. The molecule has 106 valence electrons. The lowest BCUT2D eigenvalue weighted by Crippen LogP contribution is -2.40. The van der Waals surface area contributed by atoms with Gasteiger partial charge in [-0.05, 0) is 18.1 Å². The largest absolute Gasteiger partial charge is 0.291 e. The standard InChI is InChI=1S/C14H17ClN4O/c1-11(2)13(15)14(20)19(10-18-9-16-8-17-18)12-6-4-3-5-7-12/h3-9,11,13H,10H2,1-2H3. The Morgan fingerprint density at radius 1 is 1.35 bits per heavy atom. The van der Waals surface area contributed by atoms with Crippen molar-refractivity contribution in [1.29, 1.82) is 0 Å². The van der Waals surface area contributed by atoms with Gasteiger partial charge in [-0.1, -0.05) is 32.0 Å². The molecule has 0 spiro atoms. The average Bonchev–Trinajstić information content (AvgIpc) is 2.97. The van der Waals surface area contributed by atoms with Gasteiger partial charge in [0.1, 0.15) is 24.7 Å². The molecule has 1 aromatic carbocycles. The van der Waals surface area contributed by atoms with Crippen LogP contribution in [0.1, 0.15) is 13.8 Å². The number of carbonyl (C=O) groups excluding carboxylic acids is 1. The van der Waals surface area contributed by atoms with Crippen LogP contribution in [0.2, 0.25) is 0 Å². The molecular weight excluding hydrogens is 276 g/mol. The van der Waals surface area contributed by atoms with E-state index in [2.05, 4.69) is 10.1 Å². The van der Waals surface area contributed by atoms with Crippen LogP contribution >= 0.6 is 11.6 Å². The first kappa shape index (κ1) is 14.5. The van der Waals surface area contributed by atoms with Crippen molar-refractivity contribution >= 4 is 23.2 Å². The molecule has 1 atom stereocenters. The third-order valence-corrected chi connectivity index (χ3v) is 3.60. The summed E-state index contributed by atoms with van der Waals surface area (Å²) >= 11 is 6.21. The molecule has 0 aliphatic carbocycles. The molecule has 0 radical (unpaired) electrons. The van der Waals surface area contributed by atoms with Crippen LogP contribution in [0.15, 0.2) is 43.0 Å². The summed E-state index contributed by atoms with van der Waals surface area (Å²) in [5.74, 6) is -0.0745. The zero-order valence-electron chi connectivity index (χ0n) is 11.5. The van der Waals surface area contributed by atoms with E-state index in [0.29, 0.717) is 6.67 Å². The highest BCUT2D eigenvalue weighted by Gasteiger charge is 2.26. The number of benzene rings is 1. The zero-order chi connectivity index (χ0) is 14.5. The van der Waals surface area contributed by atoms with E-state index in [-0.39, 0.29) is 11.8 Å². The van der Waals surface area contributed by atoms with Crippen LogP contribution in [0.4, 0.5) is 5.69 Å². The summed E-state index contributed by atoms with van der Waals surface area (Å²) in [7, 11) is 0. The SMILES string of the molecule is CC(C)C(Cl)C(=O)N(Cn1cncn1)c1ccccc1. The van der Waals surface area contributed by atoms with Crippen LogP contribution in [0.5, 0.6) is 0 Å². The summed E-state index contributed by atoms with van der Waals surface area (Å²) in [6.07, 6.45) is 3.01. The maximum Gasteiger partial charge on any atom is 0.246 e. The Morgan fingerprint density at radius 3 is 2.60 bits per heavy atom. The number of aromatic nitrogens is 3.